The van der Waals surface area contributed by atoms with Crippen molar-refractivity contribution in [1.82, 2.24) is 14.8 Å². The van der Waals surface area contributed by atoms with Gasteiger partial charge in [0.15, 0.2) is 0 Å². The Morgan fingerprint density at radius 2 is 2.19 bits per heavy atom. The summed E-state index contributed by atoms with van der Waals surface area (Å²) < 4.78 is 6.77. The largest absolute Gasteiger partial charge is 0.495 e. The summed E-state index contributed by atoms with van der Waals surface area (Å²) in [6.45, 7) is 0. The third-order valence-electron chi connectivity index (χ3n) is 1.94. The first-order valence-corrected chi connectivity index (χ1v) is 4.65. The van der Waals surface area contributed by atoms with Gasteiger partial charge in [-0.2, -0.15) is 0 Å². The molecular weight excluding hydrogens is 209 g/mol. The second-order valence-electron chi connectivity index (χ2n) is 3.21. The van der Waals surface area contributed by atoms with Crippen LogP contribution in [0.2, 0.25) is 0 Å². The third-order valence-corrected chi connectivity index (χ3v) is 1.94. The second-order valence-corrected chi connectivity index (χ2v) is 3.21. The lowest BCUT2D eigenvalue weighted by Crippen LogP contribution is -2.29. The monoisotopic (exact) mass is 219 g/mol. The molecule has 0 amide bonds. The second kappa shape index (κ2) is 4.34. The molecule has 2 aromatic rings. The van der Waals surface area contributed by atoms with Gasteiger partial charge in [-0.25, -0.2) is 4.98 Å². The number of pyridine rings is 1. The van der Waals surface area contributed by atoms with E-state index in [1.165, 1.54) is 10.9 Å². The van der Waals surface area contributed by atoms with E-state index in [0.29, 0.717) is 5.88 Å². The van der Waals surface area contributed by atoms with E-state index in [0.717, 1.165) is 0 Å². The minimum Gasteiger partial charge on any atom is -0.423 e. The molecular formula is C9H10BN3O3. The van der Waals surface area contributed by atoms with Crippen LogP contribution in [0, 0.1) is 0 Å². The van der Waals surface area contributed by atoms with Gasteiger partial charge in [0.2, 0.25) is 11.8 Å². The molecule has 0 spiro atoms. The van der Waals surface area contributed by atoms with Crippen LogP contribution in [-0.4, -0.2) is 31.9 Å². The molecule has 82 valence electrons. The number of ether oxygens (including phenoxy) is 1. The third kappa shape index (κ3) is 2.21. The number of aromatic nitrogens is 3. The lowest BCUT2D eigenvalue weighted by molar-refractivity contribution is 0.415. The molecule has 0 atom stereocenters. The molecule has 0 bridgehead atoms. The van der Waals surface area contributed by atoms with Crippen LogP contribution in [-0.2, 0) is 7.05 Å². The molecule has 0 aliphatic rings. The Morgan fingerprint density at radius 3 is 2.81 bits per heavy atom. The molecule has 7 heteroatoms. The van der Waals surface area contributed by atoms with Gasteiger partial charge in [0, 0.05) is 25.5 Å². The van der Waals surface area contributed by atoms with Crippen molar-refractivity contribution in [1.29, 1.82) is 0 Å². The minimum absolute atomic E-state index is 0.135. The van der Waals surface area contributed by atoms with Crippen LogP contribution in [0.5, 0.6) is 11.8 Å². The fraction of sp³-hybridized carbons (Fsp3) is 0.111. The van der Waals surface area contributed by atoms with E-state index in [2.05, 4.69) is 10.1 Å². The zero-order valence-electron chi connectivity index (χ0n) is 8.61. The van der Waals surface area contributed by atoms with E-state index in [4.69, 9.17) is 14.8 Å². The predicted octanol–water partition coefficient (Wildman–Crippen LogP) is -0.713. The van der Waals surface area contributed by atoms with E-state index in [-0.39, 0.29) is 11.3 Å². The van der Waals surface area contributed by atoms with E-state index < -0.39 is 7.12 Å². The van der Waals surface area contributed by atoms with Gasteiger partial charge in [-0.15, -0.1) is 5.10 Å². The highest BCUT2D eigenvalue weighted by molar-refractivity contribution is 6.59. The molecule has 0 saturated heterocycles. The zero-order valence-corrected chi connectivity index (χ0v) is 8.61. The van der Waals surface area contributed by atoms with Crippen molar-refractivity contribution in [3.8, 4) is 11.8 Å². The molecule has 0 saturated carbocycles. The lowest BCUT2D eigenvalue weighted by atomic mass is 9.82. The number of rotatable bonds is 3. The van der Waals surface area contributed by atoms with Crippen molar-refractivity contribution < 1.29 is 14.8 Å². The molecule has 0 fully saturated rings. The summed E-state index contributed by atoms with van der Waals surface area (Å²) >= 11 is 0. The Labute approximate surface area is 92.3 Å². The lowest BCUT2D eigenvalue weighted by Gasteiger charge is -2.02. The van der Waals surface area contributed by atoms with Gasteiger partial charge in [0.1, 0.15) is 0 Å². The quantitative estimate of drug-likeness (QED) is 0.666. The van der Waals surface area contributed by atoms with Gasteiger partial charge < -0.3 is 14.8 Å². The maximum absolute atomic E-state index is 9.10. The SMILES string of the molecule is Cn1cc(B(O)O)c(Oc2ccccn2)n1. The molecule has 6 nitrogen and oxygen atoms in total. The van der Waals surface area contributed by atoms with E-state index in [1.807, 2.05) is 0 Å². The number of hydrogen-bond acceptors (Lipinski definition) is 5. The fourth-order valence-corrected chi connectivity index (χ4v) is 1.25. The Hall–Kier alpha value is -1.86. The summed E-state index contributed by atoms with van der Waals surface area (Å²) in [5.41, 5.74) is 0.202. The maximum atomic E-state index is 9.10. The molecule has 2 heterocycles. The van der Waals surface area contributed by atoms with Gasteiger partial charge in [0.05, 0.1) is 5.46 Å². The molecule has 16 heavy (non-hydrogen) atoms. The van der Waals surface area contributed by atoms with Crippen LogP contribution in [0.15, 0.2) is 30.6 Å². The summed E-state index contributed by atoms with van der Waals surface area (Å²) in [5.74, 6) is 0.485. The molecule has 0 unspecified atom stereocenters. The number of aryl methyl sites for hydroxylation is 1. The predicted molar refractivity (Wildman–Crippen MR) is 57.3 cm³/mol. The number of hydrogen-bond donors (Lipinski definition) is 2. The molecule has 0 aromatic carbocycles. The van der Waals surface area contributed by atoms with Gasteiger partial charge in [0.25, 0.3) is 0 Å². The minimum atomic E-state index is -1.62. The average Bonchev–Trinajstić information content (AvgIpc) is 2.61. The summed E-state index contributed by atoms with van der Waals surface area (Å²) in [5, 5.41) is 22.2. The Bertz CT molecular complexity index is 472. The maximum Gasteiger partial charge on any atom is 0.495 e. The Kier molecular flexibility index (Phi) is 2.89. The van der Waals surface area contributed by atoms with Gasteiger partial charge >= 0.3 is 7.12 Å². The van der Waals surface area contributed by atoms with Crippen molar-refractivity contribution in [3.63, 3.8) is 0 Å². The summed E-state index contributed by atoms with van der Waals surface area (Å²) in [6, 6.07) is 5.18. The van der Waals surface area contributed by atoms with Crippen molar-refractivity contribution in [2.45, 2.75) is 0 Å². The van der Waals surface area contributed by atoms with E-state index in [1.54, 1.807) is 31.4 Å². The van der Waals surface area contributed by atoms with Crippen molar-refractivity contribution in [2.24, 2.45) is 7.05 Å². The van der Waals surface area contributed by atoms with Crippen LogP contribution in [0.4, 0.5) is 0 Å². The highest BCUT2D eigenvalue weighted by atomic mass is 16.5. The van der Waals surface area contributed by atoms with Crippen molar-refractivity contribution in [2.75, 3.05) is 0 Å². The molecule has 2 N–H and O–H groups in total. The van der Waals surface area contributed by atoms with E-state index in [9.17, 15) is 0 Å². The first kappa shape index (κ1) is 10.7. The van der Waals surface area contributed by atoms with Crippen LogP contribution >= 0.6 is 0 Å². The number of nitrogens with zero attached hydrogens (tertiary/aromatic N) is 3. The highest BCUT2D eigenvalue weighted by Crippen LogP contribution is 2.14. The van der Waals surface area contributed by atoms with Crippen LogP contribution < -0.4 is 10.2 Å². The molecule has 0 aliphatic carbocycles. The molecule has 2 rings (SSSR count). The van der Waals surface area contributed by atoms with Crippen LogP contribution in [0.3, 0.4) is 0 Å². The Morgan fingerprint density at radius 1 is 1.38 bits per heavy atom. The Balaban J connectivity index is 2.28. The van der Waals surface area contributed by atoms with Crippen molar-refractivity contribution >= 4 is 12.6 Å². The fourth-order valence-electron chi connectivity index (χ4n) is 1.25. The van der Waals surface area contributed by atoms with E-state index >= 15 is 0 Å². The topological polar surface area (TPSA) is 80.4 Å². The summed E-state index contributed by atoms with van der Waals surface area (Å²) in [6.07, 6.45) is 3.05. The van der Waals surface area contributed by atoms with Gasteiger partial charge in [-0.1, -0.05) is 6.07 Å². The average molecular weight is 219 g/mol. The summed E-state index contributed by atoms with van der Waals surface area (Å²) in [4.78, 5) is 3.95. The highest BCUT2D eigenvalue weighted by Gasteiger charge is 2.21. The summed E-state index contributed by atoms with van der Waals surface area (Å²) in [7, 11) is 0.0457. The normalized spacial score (nSPS) is 10.2. The van der Waals surface area contributed by atoms with Crippen LogP contribution in [0.25, 0.3) is 0 Å². The molecule has 0 aliphatic heterocycles. The first-order valence-electron chi connectivity index (χ1n) is 4.65. The van der Waals surface area contributed by atoms with Crippen molar-refractivity contribution in [3.05, 3.63) is 30.6 Å². The standard InChI is InChI=1S/C9H10BN3O3/c1-13-6-7(10(14)15)9(12-13)16-8-4-2-3-5-11-8/h2-6,14-15H,1H3. The van der Waals surface area contributed by atoms with Gasteiger partial charge in [-0.05, 0) is 6.07 Å². The zero-order chi connectivity index (χ0) is 11.5. The molecule has 0 radical (unpaired) electrons. The molecule has 2 aromatic heterocycles. The van der Waals surface area contributed by atoms with Crippen LogP contribution in [0.1, 0.15) is 0 Å². The first-order chi connectivity index (χ1) is 7.66. The smallest absolute Gasteiger partial charge is 0.423 e. The van der Waals surface area contributed by atoms with Gasteiger partial charge in [-0.3, -0.25) is 4.68 Å².